The van der Waals surface area contributed by atoms with Crippen molar-refractivity contribution < 1.29 is 9.90 Å². The Morgan fingerprint density at radius 2 is 1.90 bits per heavy atom. The van der Waals surface area contributed by atoms with Gasteiger partial charge in [-0.15, -0.1) is 0 Å². The summed E-state index contributed by atoms with van der Waals surface area (Å²) in [5, 5.41) is 12.8. The van der Waals surface area contributed by atoms with Crippen LogP contribution in [-0.4, -0.2) is 23.7 Å². The summed E-state index contributed by atoms with van der Waals surface area (Å²) in [5.74, 6) is -0.375. The van der Waals surface area contributed by atoms with Gasteiger partial charge in [-0.25, -0.2) is 0 Å². The van der Waals surface area contributed by atoms with Crippen LogP contribution in [0.3, 0.4) is 0 Å². The van der Waals surface area contributed by atoms with Crippen molar-refractivity contribution in [3.05, 3.63) is 0 Å². The third kappa shape index (κ3) is 6.74. The van der Waals surface area contributed by atoms with Gasteiger partial charge in [0.25, 0.3) is 0 Å². The zero-order valence-electron chi connectivity index (χ0n) is 13.4. The van der Waals surface area contributed by atoms with E-state index in [0.29, 0.717) is 12.0 Å². The summed E-state index contributed by atoms with van der Waals surface area (Å²) in [5.41, 5.74) is 0. The van der Waals surface area contributed by atoms with Crippen LogP contribution in [0, 0.1) is 11.8 Å². The van der Waals surface area contributed by atoms with Crippen molar-refractivity contribution in [1.29, 1.82) is 0 Å². The van der Waals surface area contributed by atoms with Gasteiger partial charge in [0.2, 0.25) is 0 Å². The zero-order chi connectivity index (χ0) is 14.8. The Morgan fingerprint density at radius 3 is 2.60 bits per heavy atom. The molecule has 0 aromatic heterocycles. The number of rotatable bonds is 10. The Hall–Kier alpha value is -0.570. The number of carboxylic acid groups (broad SMARTS) is 1. The summed E-state index contributed by atoms with van der Waals surface area (Å²) in [6, 6.07) is 0.521. The SMILES string of the molecule is CCCCCCCC(C)NCC1CCCCC1C(=O)O. The molecule has 1 aliphatic carbocycles. The summed E-state index contributed by atoms with van der Waals surface area (Å²) >= 11 is 0. The molecule has 1 rings (SSSR count). The van der Waals surface area contributed by atoms with E-state index in [0.717, 1.165) is 25.8 Å². The fourth-order valence-corrected chi connectivity index (χ4v) is 3.29. The first-order valence-electron chi connectivity index (χ1n) is 8.61. The smallest absolute Gasteiger partial charge is 0.306 e. The van der Waals surface area contributed by atoms with Gasteiger partial charge in [-0.2, -0.15) is 0 Å². The monoisotopic (exact) mass is 283 g/mol. The molecule has 0 aromatic rings. The molecule has 3 heteroatoms. The van der Waals surface area contributed by atoms with Gasteiger partial charge < -0.3 is 10.4 Å². The minimum Gasteiger partial charge on any atom is -0.481 e. The van der Waals surface area contributed by atoms with Crippen molar-refractivity contribution in [3.8, 4) is 0 Å². The quantitative estimate of drug-likeness (QED) is 0.590. The molecule has 0 aliphatic heterocycles. The molecule has 3 atom stereocenters. The van der Waals surface area contributed by atoms with Gasteiger partial charge in [0, 0.05) is 6.04 Å². The highest BCUT2D eigenvalue weighted by atomic mass is 16.4. The van der Waals surface area contributed by atoms with Crippen molar-refractivity contribution in [2.24, 2.45) is 11.8 Å². The molecule has 0 bridgehead atoms. The second-order valence-corrected chi connectivity index (χ2v) is 6.50. The van der Waals surface area contributed by atoms with E-state index in [1.165, 1.54) is 44.9 Å². The van der Waals surface area contributed by atoms with Crippen molar-refractivity contribution in [2.75, 3.05) is 6.54 Å². The van der Waals surface area contributed by atoms with Crippen LogP contribution in [0.4, 0.5) is 0 Å². The molecule has 0 amide bonds. The number of carboxylic acids is 1. The molecule has 0 aromatic carbocycles. The van der Waals surface area contributed by atoms with Crippen LogP contribution >= 0.6 is 0 Å². The van der Waals surface area contributed by atoms with Crippen molar-refractivity contribution in [2.45, 2.75) is 84.1 Å². The molecule has 0 spiro atoms. The molecule has 118 valence electrons. The Bertz CT molecular complexity index is 268. The molecule has 20 heavy (non-hydrogen) atoms. The average molecular weight is 283 g/mol. The molecule has 3 nitrogen and oxygen atoms in total. The predicted molar refractivity (Wildman–Crippen MR) is 83.9 cm³/mol. The van der Waals surface area contributed by atoms with Gasteiger partial charge in [-0.1, -0.05) is 51.9 Å². The lowest BCUT2D eigenvalue weighted by atomic mass is 9.79. The number of hydrogen-bond acceptors (Lipinski definition) is 2. The molecule has 0 heterocycles. The molecule has 1 fully saturated rings. The Morgan fingerprint density at radius 1 is 1.20 bits per heavy atom. The third-order valence-electron chi connectivity index (χ3n) is 4.70. The largest absolute Gasteiger partial charge is 0.481 e. The Kier molecular flexibility index (Phi) is 8.92. The normalized spacial score (nSPS) is 24.5. The van der Waals surface area contributed by atoms with Gasteiger partial charge in [0.15, 0.2) is 0 Å². The van der Waals surface area contributed by atoms with Crippen LogP contribution in [0.2, 0.25) is 0 Å². The first kappa shape index (κ1) is 17.5. The van der Waals surface area contributed by atoms with Crippen molar-refractivity contribution >= 4 is 5.97 Å². The third-order valence-corrected chi connectivity index (χ3v) is 4.70. The van der Waals surface area contributed by atoms with Crippen LogP contribution < -0.4 is 5.32 Å². The fourth-order valence-electron chi connectivity index (χ4n) is 3.29. The van der Waals surface area contributed by atoms with E-state index < -0.39 is 5.97 Å². The lowest BCUT2D eigenvalue weighted by Gasteiger charge is -2.29. The van der Waals surface area contributed by atoms with Crippen LogP contribution in [0.1, 0.15) is 78.1 Å². The molecule has 1 saturated carbocycles. The van der Waals surface area contributed by atoms with Crippen LogP contribution in [0.5, 0.6) is 0 Å². The minimum absolute atomic E-state index is 0.118. The maximum atomic E-state index is 11.3. The highest BCUT2D eigenvalue weighted by Crippen LogP contribution is 2.29. The number of hydrogen-bond donors (Lipinski definition) is 2. The second kappa shape index (κ2) is 10.2. The van der Waals surface area contributed by atoms with Gasteiger partial charge in [0.1, 0.15) is 0 Å². The highest BCUT2D eigenvalue weighted by molar-refractivity contribution is 5.70. The van der Waals surface area contributed by atoms with E-state index in [1.807, 2.05) is 0 Å². The van der Waals surface area contributed by atoms with Gasteiger partial charge in [-0.3, -0.25) is 4.79 Å². The van der Waals surface area contributed by atoms with E-state index in [-0.39, 0.29) is 5.92 Å². The van der Waals surface area contributed by atoms with Gasteiger partial charge in [0.05, 0.1) is 5.92 Å². The number of nitrogens with one attached hydrogen (secondary N) is 1. The fraction of sp³-hybridized carbons (Fsp3) is 0.941. The standard InChI is InChI=1S/C17H33NO2/c1-3-4-5-6-7-10-14(2)18-13-15-11-8-9-12-16(15)17(19)20/h14-16,18H,3-13H2,1-2H3,(H,19,20). The summed E-state index contributed by atoms with van der Waals surface area (Å²) in [6.45, 7) is 5.36. The van der Waals surface area contributed by atoms with Crippen molar-refractivity contribution in [1.82, 2.24) is 5.32 Å². The lowest BCUT2D eigenvalue weighted by molar-refractivity contribution is -0.144. The first-order valence-corrected chi connectivity index (χ1v) is 8.61. The number of aliphatic carboxylic acids is 1. The maximum absolute atomic E-state index is 11.3. The van der Waals surface area contributed by atoms with Crippen LogP contribution in [0.25, 0.3) is 0 Å². The molecule has 0 saturated heterocycles. The van der Waals surface area contributed by atoms with Crippen LogP contribution in [-0.2, 0) is 4.79 Å². The first-order chi connectivity index (χ1) is 9.65. The number of carbonyl (C=O) groups is 1. The van der Waals surface area contributed by atoms with Crippen LogP contribution in [0.15, 0.2) is 0 Å². The molecule has 1 aliphatic rings. The predicted octanol–water partition coefficient (Wildman–Crippen LogP) is 4.22. The molecular weight excluding hydrogens is 250 g/mol. The van der Waals surface area contributed by atoms with Gasteiger partial charge >= 0.3 is 5.97 Å². The molecule has 2 N–H and O–H groups in total. The molecule has 3 unspecified atom stereocenters. The van der Waals surface area contributed by atoms with Crippen molar-refractivity contribution in [3.63, 3.8) is 0 Å². The van der Waals surface area contributed by atoms with E-state index in [4.69, 9.17) is 0 Å². The van der Waals surface area contributed by atoms with Gasteiger partial charge in [-0.05, 0) is 38.6 Å². The lowest BCUT2D eigenvalue weighted by Crippen LogP contribution is -2.38. The van der Waals surface area contributed by atoms with E-state index in [2.05, 4.69) is 19.2 Å². The Balaban J connectivity index is 2.15. The van der Waals surface area contributed by atoms with E-state index >= 15 is 0 Å². The second-order valence-electron chi connectivity index (χ2n) is 6.50. The van der Waals surface area contributed by atoms with E-state index in [1.54, 1.807) is 0 Å². The summed E-state index contributed by atoms with van der Waals surface area (Å²) in [7, 11) is 0. The topological polar surface area (TPSA) is 49.3 Å². The minimum atomic E-state index is -0.594. The maximum Gasteiger partial charge on any atom is 0.306 e. The Labute approximate surface area is 124 Å². The van der Waals surface area contributed by atoms with E-state index in [9.17, 15) is 9.90 Å². The zero-order valence-corrected chi connectivity index (χ0v) is 13.4. The molecule has 0 radical (unpaired) electrons. The number of unbranched alkanes of at least 4 members (excludes halogenated alkanes) is 4. The summed E-state index contributed by atoms with van der Waals surface area (Å²) < 4.78 is 0. The average Bonchev–Trinajstić information content (AvgIpc) is 2.45. The summed E-state index contributed by atoms with van der Waals surface area (Å²) in [4.78, 5) is 11.3. The molecular formula is C17H33NO2. The summed E-state index contributed by atoms with van der Waals surface area (Å²) in [6.07, 6.45) is 12.1. The highest BCUT2D eigenvalue weighted by Gasteiger charge is 2.30.